The minimum Gasteiger partial charge on any atom is -0.383 e. The molecular weight excluding hydrogens is 141 g/mol. The molecule has 0 saturated heterocycles. The molecule has 0 aliphatic heterocycles. The summed E-state index contributed by atoms with van der Waals surface area (Å²) in [6, 6.07) is -1.16. The second-order valence-electron chi connectivity index (χ2n) is 1.98. The van der Waals surface area contributed by atoms with E-state index in [0.717, 1.165) is 0 Å². The SMILES string of the molecule is CCC(C(O)CF)[N+](=O)[O-]. The monoisotopic (exact) mass is 151 g/mol. The van der Waals surface area contributed by atoms with E-state index in [1.165, 1.54) is 6.92 Å². The Morgan fingerprint density at radius 2 is 2.30 bits per heavy atom. The smallest absolute Gasteiger partial charge is 0.240 e. The lowest BCUT2D eigenvalue weighted by Crippen LogP contribution is -2.34. The summed E-state index contributed by atoms with van der Waals surface area (Å²) < 4.78 is 11.6. The molecule has 0 aromatic rings. The molecule has 0 amide bonds. The van der Waals surface area contributed by atoms with Gasteiger partial charge in [-0.1, -0.05) is 6.92 Å². The maximum Gasteiger partial charge on any atom is 0.240 e. The third kappa shape index (κ3) is 2.26. The Labute approximate surface area is 57.8 Å². The molecular formula is C5H10FNO3. The molecule has 0 spiro atoms. The van der Waals surface area contributed by atoms with E-state index in [9.17, 15) is 14.5 Å². The van der Waals surface area contributed by atoms with Gasteiger partial charge in [-0.25, -0.2) is 4.39 Å². The number of halogens is 1. The van der Waals surface area contributed by atoms with Crippen molar-refractivity contribution in [2.24, 2.45) is 0 Å². The highest BCUT2D eigenvalue weighted by Crippen LogP contribution is 2.03. The number of aliphatic hydroxyl groups excluding tert-OH is 1. The van der Waals surface area contributed by atoms with E-state index in [1.54, 1.807) is 0 Å². The summed E-state index contributed by atoms with van der Waals surface area (Å²) in [5, 5.41) is 18.7. The summed E-state index contributed by atoms with van der Waals surface area (Å²) >= 11 is 0. The van der Waals surface area contributed by atoms with Crippen molar-refractivity contribution in [2.75, 3.05) is 6.67 Å². The van der Waals surface area contributed by atoms with Crippen molar-refractivity contribution in [2.45, 2.75) is 25.5 Å². The molecule has 2 atom stereocenters. The molecule has 0 radical (unpaired) electrons. The van der Waals surface area contributed by atoms with Gasteiger partial charge in [-0.15, -0.1) is 0 Å². The highest BCUT2D eigenvalue weighted by atomic mass is 19.1. The van der Waals surface area contributed by atoms with Crippen molar-refractivity contribution in [3.05, 3.63) is 10.1 Å². The molecule has 4 nitrogen and oxygen atoms in total. The predicted octanol–water partition coefficient (Wildman–Crippen LogP) is 0.372. The summed E-state index contributed by atoms with van der Waals surface area (Å²) in [6.45, 7) is 0.478. The van der Waals surface area contributed by atoms with Crippen molar-refractivity contribution < 1.29 is 14.4 Å². The van der Waals surface area contributed by atoms with Crippen LogP contribution in [0.15, 0.2) is 0 Å². The molecule has 0 saturated carbocycles. The molecule has 0 aromatic carbocycles. The summed E-state index contributed by atoms with van der Waals surface area (Å²) in [5.41, 5.74) is 0. The van der Waals surface area contributed by atoms with Crippen LogP contribution in [0.2, 0.25) is 0 Å². The van der Waals surface area contributed by atoms with Gasteiger partial charge in [0.2, 0.25) is 6.04 Å². The molecule has 0 aliphatic carbocycles. The van der Waals surface area contributed by atoms with Crippen LogP contribution < -0.4 is 0 Å². The topological polar surface area (TPSA) is 63.4 Å². The molecule has 10 heavy (non-hydrogen) atoms. The van der Waals surface area contributed by atoms with Crippen LogP contribution in [-0.4, -0.2) is 28.9 Å². The Morgan fingerprint density at radius 1 is 1.80 bits per heavy atom. The highest BCUT2D eigenvalue weighted by molar-refractivity contribution is 4.64. The van der Waals surface area contributed by atoms with Crippen LogP contribution in [-0.2, 0) is 0 Å². The second kappa shape index (κ2) is 4.16. The summed E-state index contributed by atoms with van der Waals surface area (Å²) in [4.78, 5) is 9.35. The predicted molar refractivity (Wildman–Crippen MR) is 33.1 cm³/mol. The highest BCUT2D eigenvalue weighted by Gasteiger charge is 2.27. The number of nitro groups is 1. The molecule has 5 heteroatoms. The lowest BCUT2D eigenvalue weighted by molar-refractivity contribution is -0.534. The van der Waals surface area contributed by atoms with Crippen LogP contribution >= 0.6 is 0 Å². The lowest BCUT2D eigenvalue weighted by atomic mass is 10.1. The van der Waals surface area contributed by atoms with Crippen molar-refractivity contribution in [3.63, 3.8) is 0 Å². The van der Waals surface area contributed by atoms with Crippen molar-refractivity contribution >= 4 is 0 Å². The minimum atomic E-state index is -1.46. The van der Waals surface area contributed by atoms with Crippen LogP contribution in [0.4, 0.5) is 4.39 Å². The van der Waals surface area contributed by atoms with E-state index < -0.39 is 23.7 Å². The average Bonchev–Trinajstić information content (AvgIpc) is 1.88. The number of aliphatic hydroxyl groups is 1. The van der Waals surface area contributed by atoms with Gasteiger partial charge in [-0.3, -0.25) is 10.1 Å². The van der Waals surface area contributed by atoms with Gasteiger partial charge >= 0.3 is 0 Å². The van der Waals surface area contributed by atoms with Gasteiger partial charge in [-0.2, -0.15) is 0 Å². The molecule has 0 aliphatic rings. The molecule has 0 aromatic heterocycles. The molecule has 1 N–H and O–H groups in total. The molecule has 0 heterocycles. The number of hydrogen-bond acceptors (Lipinski definition) is 3. The van der Waals surface area contributed by atoms with Gasteiger partial charge in [-0.05, 0) is 0 Å². The third-order valence-electron chi connectivity index (χ3n) is 1.29. The summed E-state index contributed by atoms with van der Waals surface area (Å²) in [5.74, 6) is 0. The Balaban J connectivity index is 3.92. The zero-order valence-electron chi connectivity index (χ0n) is 5.66. The first kappa shape index (κ1) is 9.29. The van der Waals surface area contributed by atoms with E-state index in [4.69, 9.17) is 5.11 Å². The Morgan fingerprint density at radius 3 is 2.40 bits per heavy atom. The van der Waals surface area contributed by atoms with Crippen LogP contribution in [0.25, 0.3) is 0 Å². The molecule has 2 unspecified atom stereocenters. The van der Waals surface area contributed by atoms with Crippen molar-refractivity contribution in [1.29, 1.82) is 0 Å². The number of hydrogen-bond donors (Lipinski definition) is 1. The van der Waals surface area contributed by atoms with E-state index in [2.05, 4.69) is 0 Å². The van der Waals surface area contributed by atoms with E-state index in [-0.39, 0.29) is 6.42 Å². The number of alkyl halides is 1. The zero-order valence-corrected chi connectivity index (χ0v) is 5.66. The first-order valence-corrected chi connectivity index (χ1v) is 3.01. The fraction of sp³-hybridized carbons (Fsp3) is 1.00. The minimum absolute atomic E-state index is 0.151. The summed E-state index contributed by atoms with van der Waals surface area (Å²) in [6.07, 6.45) is -1.31. The van der Waals surface area contributed by atoms with Gasteiger partial charge in [0.15, 0.2) is 0 Å². The molecule has 60 valence electrons. The first-order chi connectivity index (χ1) is 4.63. The van der Waals surface area contributed by atoms with Gasteiger partial charge in [0.05, 0.1) is 0 Å². The third-order valence-corrected chi connectivity index (χ3v) is 1.29. The molecule has 0 bridgehead atoms. The number of nitrogens with zero attached hydrogens (tertiary/aromatic N) is 1. The lowest BCUT2D eigenvalue weighted by Gasteiger charge is -2.09. The molecule has 0 rings (SSSR count). The average molecular weight is 151 g/mol. The largest absolute Gasteiger partial charge is 0.383 e. The first-order valence-electron chi connectivity index (χ1n) is 3.01. The zero-order chi connectivity index (χ0) is 8.15. The second-order valence-corrected chi connectivity index (χ2v) is 1.98. The quantitative estimate of drug-likeness (QED) is 0.466. The fourth-order valence-corrected chi connectivity index (χ4v) is 0.664. The Bertz CT molecular complexity index is 119. The van der Waals surface area contributed by atoms with Gasteiger partial charge in [0, 0.05) is 11.3 Å². The fourth-order valence-electron chi connectivity index (χ4n) is 0.664. The maximum atomic E-state index is 11.6. The van der Waals surface area contributed by atoms with E-state index >= 15 is 0 Å². The normalized spacial score (nSPS) is 16.3. The number of rotatable bonds is 4. The van der Waals surface area contributed by atoms with Gasteiger partial charge < -0.3 is 5.11 Å². The van der Waals surface area contributed by atoms with Crippen LogP contribution in [0.1, 0.15) is 13.3 Å². The standard InChI is InChI=1S/C5H10FNO3/c1-2-4(7(9)10)5(8)3-6/h4-5,8H,2-3H2,1H3. The van der Waals surface area contributed by atoms with Gasteiger partial charge in [0.1, 0.15) is 12.8 Å². The van der Waals surface area contributed by atoms with Gasteiger partial charge in [0.25, 0.3) is 0 Å². The Kier molecular flexibility index (Phi) is 3.87. The van der Waals surface area contributed by atoms with Crippen molar-refractivity contribution in [3.8, 4) is 0 Å². The van der Waals surface area contributed by atoms with Crippen molar-refractivity contribution in [1.82, 2.24) is 0 Å². The maximum absolute atomic E-state index is 11.6. The van der Waals surface area contributed by atoms with Crippen LogP contribution in [0, 0.1) is 10.1 Å². The van der Waals surface area contributed by atoms with E-state index in [0.29, 0.717) is 0 Å². The van der Waals surface area contributed by atoms with Crippen LogP contribution in [0.3, 0.4) is 0 Å². The van der Waals surface area contributed by atoms with Crippen LogP contribution in [0.5, 0.6) is 0 Å². The summed E-state index contributed by atoms with van der Waals surface area (Å²) in [7, 11) is 0. The Hall–Kier alpha value is -0.710. The van der Waals surface area contributed by atoms with E-state index in [1.807, 2.05) is 0 Å². The molecule has 0 fully saturated rings.